The standard InChI is InChI=1S/C29H30F3N3O4/c1-18(2)35-24-17-22(38-16-15-37-3)13-14-23(24)25(33)26(35)19-9-11-21(12-10-19)34-28(36)39-27(29(30,31)32)20-7-5-4-6-8-20/h4-14,17-18,27H,15-16,33H2,1-3H3,(H,34,36). The second-order valence-corrected chi connectivity index (χ2v) is 9.19. The third kappa shape index (κ3) is 6.28. The van der Waals surface area contributed by atoms with Crippen LogP contribution in [0.5, 0.6) is 5.75 Å². The Kier molecular flexibility index (Phi) is 8.35. The molecule has 3 aromatic carbocycles. The fraction of sp³-hybridized carbons (Fsp3) is 0.276. The van der Waals surface area contributed by atoms with Crippen LogP contribution in [-0.4, -0.2) is 37.2 Å². The molecule has 0 bridgehead atoms. The minimum Gasteiger partial charge on any atom is -0.491 e. The zero-order valence-corrected chi connectivity index (χ0v) is 21.8. The number of rotatable bonds is 9. The lowest BCUT2D eigenvalue weighted by molar-refractivity contribution is -0.205. The molecule has 0 spiro atoms. The molecular weight excluding hydrogens is 511 g/mol. The maximum Gasteiger partial charge on any atom is 0.429 e. The number of hydrogen-bond acceptors (Lipinski definition) is 5. The van der Waals surface area contributed by atoms with Gasteiger partial charge in [0.15, 0.2) is 0 Å². The van der Waals surface area contributed by atoms with Gasteiger partial charge in [0.2, 0.25) is 6.10 Å². The summed E-state index contributed by atoms with van der Waals surface area (Å²) in [5.41, 5.74) is 9.72. The number of alkyl halides is 3. The number of fused-ring (bicyclic) bond motifs is 1. The molecule has 39 heavy (non-hydrogen) atoms. The molecule has 1 heterocycles. The first-order valence-electron chi connectivity index (χ1n) is 12.3. The van der Waals surface area contributed by atoms with E-state index in [1.165, 1.54) is 24.3 Å². The Morgan fingerprint density at radius 3 is 2.31 bits per heavy atom. The summed E-state index contributed by atoms with van der Waals surface area (Å²) in [7, 11) is 1.61. The lowest BCUT2D eigenvalue weighted by Gasteiger charge is -2.21. The molecule has 0 radical (unpaired) electrons. The van der Waals surface area contributed by atoms with E-state index in [0.717, 1.165) is 22.2 Å². The summed E-state index contributed by atoms with van der Waals surface area (Å²) in [6, 6.07) is 19.4. The number of methoxy groups -OCH3 is 1. The van der Waals surface area contributed by atoms with Crippen molar-refractivity contribution in [3.8, 4) is 17.0 Å². The van der Waals surface area contributed by atoms with Crippen molar-refractivity contribution in [2.24, 2.45) is 0 Å². The van der Waals surface area contributed by atoms with Crippen LogP contribution >= 0.6 is 0 Å². The van der Waals surface area contributed by atoms with Crippen LogP contribution in [0.15, 0.2) is 72.8 Å². The van der Waals surface area contributed by atoms with Gasteiger partial charge in [-0.3, -0.25) is 5.32 Å². The Labute approximate surface area is 224 Å². The normalized spacial score (nSPS) is 12.5. The Morgan fingerprint density at radius 2 is 1.69 bits per heavy atom. The minimum absolute atomic E-state index is 0.0547. The summed E-state index contributed by atoms with van der Waals surface area (Å²) in [5, 5.41) is 3.24. The van der Waals surface area contributed by atoms with Gasteiger partial charge in [-0.25, -0.2) is 4.79 Å². The summed E-state index contributed by atoms with van der Waals surface area (Å²) < 4.78 is 58.3. The van der Waals surface area contributed by atoms with Gasteiger partial charge in [0.25, 0.3) is 0 Å². The highest BCUT2D eigenvalue weighted by Crippen LogP contribution is 2.40. The maximum atomic E-state index is 13.5. The molecule has 0 saturated heterocycles. The Morgan fingerprint density at radius 1 is 1.00 bits per heavy atom. The van der Waals surface area contributed by atoms with Gasteiger partial charge in [-0.05, 0) is 38.1 Å². The van der Waals surface area contributed by atoms with E-state index in [1.807, 2.05) is 32.0 Å². The van der Waals surface area contributed by atoms with Crippen LogP contribution in [0.2, 0.25) is 0 Å². The predicted octanol–water partition coefficient (Wildman–Crippen LogP) is 7.35. The molecule has 0 aliphatic heterocycles. The molecule has 1 aromatic heterocycles. The number of carbonyl (C=O) groups excluding carboxylic acids is 1. The van der Waals surface area contributed by atoms with Crippen molar-refractivity contribution in [2.75, 3.05) is 31.4 Å². The van der Waals surface area contributed by atoms with E-state index in [0.29, 0.717) is 24.7 Å². The monoisotopic (exact) mass is 541 g/mol. The van der Waals surface area contributed by atoms with Crippen LogP contribution < -0.4 is 15.8 Å². The summed E-state index contributed by atoms with van der Waals surface area (Å²) in [4.78, 5) is 12.4. The fourth-order valence-electron chi connectivity index (χ4n) is 4.40. The van der Waals surface area contributed by atoms with Crippen molar-refractivity contribution in [2.45, 2.75) is 32.2 Å². The molecule has 206 valence electrons. The smallest absolute Gasteiger partial charge is 0.429 e. The second kappa shape index (κ2) is 11.7. The molecule has 1 atom stereocenters. The number of nitrogens with two attached hydrogens (primary N) is 1. The van der Waals surface area contributed by atoms with Crippen LogP contribution in [-0.2, 0) is 9.47 Å². The molecular formula is C29H30F3N3O4. The van der Waals surface area contributed by atoms with Crippen LogP contribution in [0.3, 0.4) is 0 Å². The summed E-state index contributed by atoms with van der Waals surface area (Å²) in [6.07, 6.45) is -8.37. The van der Waals surface area contributed by atoms with Crippen molar-refractivity contribution in [3.63, 3.8) is 0 Å². The van der Waals surface area contributed by atoms with Gasteiger partial charge in [0.05, 0.1) is 23.5 Å². The van der Waals surface area contributed by atoms with Gasteiger partial charge >= 0.3 is 12.3 Å². The van der Waals surface area contributed by atoms with Crippen LogP contribution in [0, 0.1) is 0 Å². The SMILES string of the molecule is COCCOc1ccc2c(N)c(-c3ccc(NC(=O)OC(c4ccccc4)C(F)(F)F)cc3)n(C(C)C)c2c1. The largest absolute Gasteiger partial charge is 0.491 e. The molecule has 1 amide bonds. The van der Waals surface area contributed by atoms with E-state index in [1.54, 1.807) is 37.4 Å². The van der Waals surface area contributed by atoms with E-state index in [-0.39, 0.29) is 17.3 Å². The molecule has 1 unspecified atom stereocenters. The first kappa shape index (κ1) is 27.8. The topological polar surface area (TPSA) is 87.7 Å². The number of hydrogen-bond donors (Lipinski definition) is 2. The highest BCUT2D eigenvalue weighted by atomic mass is 19.4. The number of nitrogens with one attached hydrogen (secondary N) is 1. The van der Waals surface area contributed by atoms with Crippen LogP contribution in [0.4, 0.5) is 29.3 Å². The number of carbonyl (C=O) groups is 1. The molecule has 10 heteroatoms. The Bertz CT molecular complexity index is 1420. The maximum absolute atomic E-state index is 13.5. The molecule has 4 rings (SSSR count). The average Bonchev–Trinajstić information content (AvgIpc) is 3.19. The third-order valence-corrected chi connectivity index (χ3v) is 6.12. The molecule has 7 nitrogen and oxygen atoms in total. The van der Waals surface area contributed by atoms with Gasteiger partial charge < -0.3 is 24.5 Å². The highest BCUT2D eigenvalue weighted by Gasteiger charge is 2.44. The van der Waals surface area contributed by atoms with E-state index < -0.39 is 18.4 Å². The van der Waals surface area contributed by atoms with E-state index in [2.05, 4.69) is 9.88 Å². The Balaban J connectivity index is 1.57. The number of halogens is 3. The summed E-state index contributed by atoms with van der Waals surface area (Å²) >= 11 is 0. The number of benzene rings is 3. The molecule has 0 saturated carbocycles. The van der Waals surface area contributed by atoms with E-state index in [4.69, 9.17) is 19.9 Å². The van der Waals surface area contributed by atoms with Gasteiger partial charge in [0, 0.05) is 41.4 Å². The zero-order chi connectivity index (χ0) is 28.2. The minimum atomic E-state index is -4.76. The number of aromatic nitrogens is 1. The van der Waals surface area contributed by atoms with Crippen molar-refractivity contribution < 1.29 is 32.2 Å². The number of ether oxygens (including phenoxy) is 3. The number of nitrogens with zero attached hydrogens (tertiary/aromatic N) is 1. The van der Waals surface area contributed by atoms with E-state index >= 15 is 0 Å². The van der Waals surface area contributed by atoms with Gasteiger partial charge in [-0.2, -0.15) is 13.2 Å². The number of nitrogen functional groups attached to an aromatic ring is 1. The second-order valence-electron chi connectivity index (χ2n) is 9.19. The van der Waals surface area contributed by atoms with Crippen molar-refractivity contribution in [3.05, 3.63) is 78.4 Å². The molecule has 0 aliphatic rings. The van der Waals surface area contributed by atoms with Gasteiger partial charge in [0.1, 0.15) is 12.4 Å². The highest BCUT2D eigenvalue weighted by molar-refractivity contribution is 6.01. The zero-order valence-electron chi connectivity index (χ0n) is 21.8. The summed E-state index contributed by atoms with van der Waals surface area (Å²) in [5.74, 6) is 0.691. The third-order valence-electron chi connectivity index (χ3n) is 6.12. The van der Waals surface area contributed by atoms with Crippen molar-refractivity contribution in [1.29, 1.82) is 0 Å². The quantitative estimate of drug-likeness (QED) is 0.216. The van der Waals surface area contributed by atoms with Crippen LogP contribution in [0.25, 0.3) is 22.2 Å². The van der Waals surface area contributed by atoms with Crippen molar-refractivity contribution in [1.82, 2.24) is 4.57 Å². The predicted molar refractivity (Wildman–Crippen MR) is 145 cm³/mol. The Hall–Kier alpha value is -4.18. The first-order chi connectivity index (χ1) is 18.6. The van der Waals surface area contributed by atoms with Crippen molar-refractivity contribution >= 4 is 28.4 Å². The number of anilines is 2. The lowest BCUT2D eigenvalue weighted by atomic mass is 10.1. The summed E-state index contributed by atoms with van der Waals surface area (Å²) in [6.45, 7) is 4.96. The average molecular weight is 542 g/mol. The molecule has 0 aliphatic carbocycles. The molecule has 0 fully saturated rings. The fourth-order valence-corrected chi connectivity index (χ4v) is 4.40. The van der Waals surface area contributed by atoms with Gasteiger partial charge in [-0.1, -0.05) is 42.5 Å². The molecule has 3 N–H and O–H groups in total. The number of amides is 1. The molecule has 4 aromatic rings. The van der Waals surface area contributed by atoms with E-state index in [9.17, 15) is 18.0 Å². The lowest BCUT2D eigenvalue weighted by Crippen LogP contribution is -2.28. The van der Waals surface area contributed by atoms with Gasteiger partial charge in [-0.15, -0.1) is 0 Å². The van der Waals surface area contributed by atoms with Crippen LogP contribution in [0.1, 0.15) is 31.6 Å². The first-order valence-corrected chi connectivity index (χ1v) is 12.3.